The highest BCUT2D eigenvalue weighted by Gasteiger charge is 2.31. The normalized spacial score (nSPS) is 22.1. The molecule has 0 aliphatic carbocycles. The molecule has 6 heteroatoms. The molecule has 20 heavy (non-hydrogen) atoms. The fourth-order valence-corrected chi connectivity index (χ4v) is 2.47. The number of amides is 1. The molecule has 1 saturated heterocycles. The molecule has 0 spiro atoms. The molecular weight excluding hydrogens is 256 g/mol. The van der Waals surface area contributed by atoms with Gasteiger partial charge in [-0.05, 0) is 37.1 Å². The molecule has 2 atom stereocenters. The molecule has 1 fully saturated rings. The zero-order valence-corrected chi connectivity index (χ0v) is 11.8. The second kappa shape index (κ2) is 7.33. The maximum Gasteiger partial charge on any atom is 0.263 e. The molecule has 0 radical (unpaired) electrons. The fraction of sp³-hybridized carbons (Fsp3) is 0.571. The molecule has 110 valence electrons. The number of rotatable bonds is 6. The van der Waals surface area contributed by atoms with E-state index in [1.807, 2.05) is 12.1 Å². The van der Waals surface area contributed by atoms with Crippen molar-refractivity contribution < 1.29 is 9.53 Å². The Labute approximate surface area is 119 Å². The smallest absolute Gasteiger partial charge is 0.263 e. The van der Waals surface area contributed by atoms with Crippen LogP contribution < -0.4 is 11.3 Å². The van der Waals surface area contributed by atoms with Crippen LogP contribution in [0, 0.1) is 0 Å². The molecule has 1 aromatic heterocycles. The summed E-state index contributed by atoms with van der Waals surface area (Å²) in [6, 6.07) is 4.03. The van der Waals surface area contributed by atoms with Crippen molar-refractivity contribution in [2.75, 3.05) is 13.1 Å². The highest BCUT2D eigenvalue weighted by Crippen LogP contribution is 2.21. The van der Waals surface area contributed by atoms with E-state index in [9.17, 15) is 4.79 Å². The summed E-state index contributed by atoms with van der Waals surface area (Å²) >= 11 is 0. The van der Waals surface area contributed by atoms with Gasteiger partial charge in [0, 0.05) is 25.5 Å². The van der Waals surface area contributed by atoms with Crippen LogP contribution in [0.4, 0.5) is 0 Å². The number of nitrogens with two attached hydrogens (primary N) is 1. The summed E-state index contributed by atoms with van der Waals surface area (Å²) in [4.78, 5) is 17.8. The quantitative estimate of drug-likeness (QED) is 0.448. The van der Waals surface area contributed by atoms with E-state index in [0.29, 0.717) is 0 Å². The van der Waals surface area contributed by atoms with E-state index in [2.05, 4.69) is 22.2 Å². The molecule has 1 aromatic rings. The summed E-state index contributed by atoms with van der Waals surface area (Å²) in [5.41, 5.74) is 3.38. The van der Waals surface area contributed by atoms with Gasteiger partial charge in [-0.3, -0.25) is 20.1 Å². The summed E-state index contributed by atoms with van der Waals surface area (Å²) in [5.74, 6) is 4.90. The first-order valence-electron chi connectivity index (χ1n) is 7.00. The van der Waals surface area contributed by atoms with Crippen LogP contribution in [0.3, 0.4) is 0 Å². The molecule has 0 saturated carbocycles. The van der Waals surface area contributed by atoms with E-state index in [4.69, 9.17) is 10.6 Å². The van der Waals surface area contributed by atoms with E-state index in [1.54, 1.807) is 12.4 Å². The van der Waals surface area contributed by atoms with Gasteiger partial charge in [0.05, 0.1) is 6.10 Å². The molecular formula is C14H22N4O2. The van der Waals surface area contributed by atoms with Crippen LogP contribution in [0.15, 0.2) is 24.5 Å². The lowest BCUT2D eigenvalue weighted by atomic mass is 10.1. The summed E-state index contributed by atoms with van der Waals surface area (Å²) < 4.78 is 5.74. The first kappa shape index (κ1) is 14.9. The molecule has 1 aliphatic rings. The number of carbonyl (C=O) groups is 1. The topological polar surface area (TPSA) is 80.5 Å². The third kappa shape index (κ3) is 4.00. The Bertz CT molecular complexity index is 426. The molecule has 1 amide bonds. The van der Waals surface area contributed by atoms with Crippen molar-refractivity contribution in [3.05, 3.63) is 30.1 Å². The second-order valence-electron chi connectivity index (χ2n) is 5.02. The van der Waals surface area contributed by atoms with Gasteiger partial charge in [-0.15, -0.1) is 0 Å². The average molecular weight is 278 g/mol. The SMILES string of the molecule is CCN(Cc1ccncc1)CC1CCC(C(=O)NN)O1. The van der Waals surface area contributed by atoms with Gasteiger partial charge in [0.15, 0.2) is 0 Å². The van der Waals surface area contributed by atoms with Crippen molar-refractivity contribution in [2.24, 2.45) is 5.84 Å². The maximum atomic E-state index is 11.4. The van der Waals surface area contributed by atoms with E-state index < -0.39 is 6.10 Å². The Kier molecular flexibility index (Phi) is 5.46. The lowest BCUT2D eigenvalue weighted by Gasteiger charge is -2.24. The molecule has 1 aliphatic heterocycles. The summed E-state index contributed by atoms with van der Waals surface area (Å²) in [7, 11) is 0. The Balaban J connectivity index is 1.84. The number of pyridine rings is 1. The Hall–Kier alpha value is -1.50. The Morgan fingerprint density at radius 1 is 1.50 bits per heavy atom. The Morgan fingerprint density at radius 2 is 2.25 bits per heavy atom. The number of likely N-dealkylation sites (N-methyl/N-ethyl adjacent to an activating group) is 1. The van der Waals surface area contributed by atoms with Crippen molar-refractivity contribution >= 4 is 5.91 Å². The first-order valence-corrected chi connectivity index (χ1v) is 7.00. The number of ether oxygens (including phenoxy) is 1. The van der Waals surface area contributed by atoms with Gasteiger partial charge in [-0.1, -0.05) is 6.92 Å². The molecule has 0 aromatic carbocycles. The summed E-state index contributed by atoms with van der Waals surface area (Å²) in [5, 5.41) is 0. The van der Waals surface area contributed by atoms with Crippen molar-refractivity contribution in [2.45, 2.75) is 38.5 Å². The third-order valence-electron chi connectivity index (χ3n) is 3.61. The van der Waals surface area contributed by atoms with E-state index in [0.717, 1.165) is 32.5 Å². The zero-order chi connectivity index (χ0) is 14.4. The van der Waals surface area contributed by atoms with Gasteiger partial charge in [0.2, 0.25) is 0 Å². The number of aromatic nitrogens is 1. The van der Waals surface area contributed by atoms with E-state index in [-0.39, 0.29) is 12.0 Å². The average Bonchev–Trinajstić information content (AvgIpc) is 2.95. The van der Waals surface area contributed by atoms with Crippen LogP contribution in [0.5, 0.6) is 0 Å². The number of hydrogen-bond acceptors (Lipinski definition) is 5. The van der Waals surface area contributed by atoms with Crippen LogP contribution in [-0.4, -0.2) is 41.1 Å². The maximum absolute atomic E-state index is 11.4. The van der Waals surface area contributed by atoms with Crippen LogP contribution >= 0.6 is 0 Å². The summed E-state index contributed by atoms with van der Waals surface area (Å²) in [6.07, 6.45) is 4.93. The molecule has 2 heterocycles. The van der Waals surface area contributed by atoms with Crippen LogP contribution in [-0.2, 0) is 16.1 Å². The van der Waals surface area contributed by atoms with Gasteiger partial charge >= 0.3 is 0 Å². The predicted molar refractivity (Wildman–Crippen MR) is 75.4 cm³/mol. The first-order chi connectivity index (χ1) is 9.72. The number of carbonyl (C=O) groups excluding carboxylic acids is 1. The van der Waals surface area contributed by atoms with Gasteiger partial charge in [-0.2, -0.15) is 0 Å². The molecule has 0 bridgehead atoms. The number of hydrazine groups is 1. The Morgan fingerprint density at radius 3 is 2.90 bits per heavy atom. The highest BCUT2D eigenvalue weighted by atomic mass is 16.5. The van der Waals surface area contributed by atoms with Crippen LogP contribution in [0.2, 0.25) is 0 Å². The zero-order valence-electron chi connectivity index (χ0n) is 11.8. The number of nitrogens with zero attached hydrogens (tertiary/aromatic N) is 2. The minimum absolute atomic E-state index is 0.0964. The predicted octanol–water partition coefficient (Wildman–Crippen LogP) is 0.441. The molecule has 3 N–H and O–H groups in total. The van der Waals surface area contributed by atoms with Crippen LogP contribution in [0.25, 0.3) is 0 Å². The molecule has 6 nitrogen and oxygen atoms in total. The van der Waals surface area contributed by atoms with E-state index >= 15 is 0 Å². The van der Waals surface area contributed by atoms with Crippen molar-refractivity contribution in [3.63, 3.8) is 0 Å². The lowest BCUT2D eigenvalue weighted by molar-refractivity contribution is -0.132. The van der Waals surface area contributed by atoms with Gasteiger partial charge in [0.1, 0.15) is 6.10 Å². The minimum Gasteiger partial charge on any atom is -0.364 e. The van der Waals surface area contributed by atoms with Gasteiger partial charge in [-0.25, -0.2) is 5.84 Å². The third-order valence-corrected chi connectivity index (χ3v) is 3.61. The van der Waals surface area contributed by atoms with Crippen molar-refractivity contribution in [1.82, 2.24) is 15.3 Å². The fourth-order valence-electron chi connectivity index (χ4n) is 2.47. The minimum atomic E-state index is -0.398. The van der Waals surface area contributed by atoms with Gasteiger partial charge in [0.25, 0.3) is 5.91 Å². The summed E-state index contributed by atoms with van der Waals surface area (Å²) in [6.45, 7) is 4.76. The number of nitrogens with one attached hydrogen (secondary N) is 1. The van der Waals surface area contributed by atoms with Gasteiger partial charge < -0.3 is 4.74 Å². The van der Waals surface area contributed by atoms with Crippen molar-refractivity contribution in [3.8, 4) is 0 Å². The lowest BCUT2D eigenvalue weighted by Crippen LogP contribution is -2.40. The van der Waals surface area contributed by atoms with E-state index in [1.165, 1.54) is 5.56 Å². The highest BCUT2D eigenvalue weighted by molar-refractivity contribution is 5.80. The molecule has 2 rings (SSSR count). The number of hydrogen-bond donors (Lipinski definition) is 2. The second-order valence-corrected chi connectivity index (χ2v) is 5.02. The van der Waals surface area contributed by atoms with Crippen LogP contribution in [0.1, 0.15) is 25.3 Å². The van der Waals surface area contributed by atoms with Crippen molar-refractivity contribution in [1.29, 1.82) is 0 Å². The largest absolute Gasteiger partial charge is 0.364 e. The molecule has 2 unspecified atom stereocenters. The monoisotopic (exact) mass is 278 g/mol. The standard InChI is InChI=1S/C14H22N4O2/c1-2-18(9-11-5-7-16-8-6-11)10-12-3-4-13(20-12)14(19)17-15/h5-8,12-13H,2-4,9-10,15H2,1H3,(H,17,19).